The third-order valence-electron chi connectivity index (χ3n) is 3.85. The lowest BCUT2D eigenvalue weighted by Gasteiger charge is -2.14. The van der Waals surface area contributed by atoms with Crippen LogP contribution >= 0.6 is 11.3 Å². The Hall–Kier alpha value is -2.30. The van der Waals surface area contributed by atoms with Crippen LogP contribution in [0.4, 0.5) is 5.13 Å². The van der Waals surface area contributed by atoms with Gasteiger partial charge in [-0.1, -0.05) is 30.3 Å². The van der Waals surface area contributed by atoms with Gasteiger partial charge in [-0.15, -0.1) is 11.3 Å². The fourth-order valence-electron chi connectivity index (χ4n) is 2.54. The van der Waals surface area contributed by atoms with Crippen LogP contribution in [0.15, 0.2) is 35.7 Å². The highest BCUT2D eigenvalue weighted by molar-refractivity contribution is 7.89. The number of anilines is 1. The Kier molecular flexibility index (Phi) is 5.64. The van der Waals surface area contributed by atoms with E-state index in [4.69, 9.17) is 0 Å². The van der Waals surface area contributed by atoms with Gasteiger partial charge in [0.1, 0.15) is 0 Å². The molecule has 0 spiro atoms. The van der Waals surface area contributed by atoms with Crippen molar-refractivity contribution in [2.24, 2.45) is 0 Å². The summed E-state index contributed by atoms with van der Waals surface area (Å²) >= 11 is 1.22. The van der Waals surface area contributed by atoms with Crippen molar-refractivity contribution in [2.45, 2.75) is 6.42 Å². The Morgan fingerprint density at radius 3 is 2.65 bits per heavy atom. The molecule has 0 atom stereocenters. The predicted octanol–water partition coefficient (Wildman–Crippen LogP) is 0.900. The third-order valence-corrected chi connectivity index (χ3v) is 6.56. The largest absolute Gasteiger partial charge is 0.347 e. The number of benzene rings is 1. The Labute approximate surface area is 155 Å². The topological polar surface area (TPSA) is 108 Å². The van der Waals surface area contributed by atoms with E-state index in [1.807, 2.05) is 30.3 Å². The van der Waals surface area contributed by atoms with E-state index in [1.54, 1.807) is 5.38 Å². The lowest BCUT2D eigenvalue weighted by atomic mass is 10.2. The summed E-state index contributed by atoms with van der Waals surface area (Å²) < 4.78 is 24.6. The molecule has 1 aliphatic rings. The maximum absolute atomic E-state index is 11.9. The molecule has 1 aromatic carbocycles. The highest BCUT2D eigenvalue weighted by Gasteiger charge is 2.27. The molecule has 0 saturated carbocycles. The van der Waals surface area contributed by atoms with Crippen LogP contribution in [0.1, 0.15) is 6.42 Å². The minimum Gasteiger partial charge on any atom is -0.347 e. The van der Waals surface area contributed by atoms with Crippen molar-refractivity contribution >= 4 is 38.3 Å². The van der Waals surface area contributed by atoms with Crippen LogP contribution in [-0.2, 0) is 19.6 Å². The van der Waals surface area contributed by atoms with E-state index < -0.39 is 21.8 Å². The quantitative estimate of drug-likeness (QED) is 0.733. The summed E-state index contributed by atoms with van der Waals surface area (Å²) in [5.74, 6) is -1.52. The van der Waals surface area contributed by atoms with Gasteiger partial charge in [-0.3, -0.25) is 14.9 Å². The van der Waals surface area contributed by atoms with E-state index in [2.05, 4.69) is 15.6 Å². The first-order chi connectivity index (χ1) is 12.5. The normalized spacial score (nSPS) is 16.3. The summed E-state index contributed by atoms with van der Waals surface area (Å²) in [6.07, 6.45) is 0.588. The predicted molar refractivity (Wildman–Crippen MR) is 99.2 cm³/mol. The standard InChI is InChI=1S/C16H18N4O4S2/c21-14(17-7-9-20-8-4-10-26(20,23)24)15(22)19-16-18-13(11-25-16)12-5-2-1-3-6-12/h1-3,5-6,11H,4,7-10H2,(H,17,21)(H,18,19,22). The van der Waals surface area contributed by atoms with Crippen molar-refractivity contribution in [3.63, 3.8) is 0 Å². The molecular formula is C16H18N4O4S2. The molecule has 0 aliphatic carbocycles. The summed E-state index contributed by atoms with van der Waals surface area (Å²) in [5, 5.41) is 6.99. The van der Waals surface area contributed by atoms with Crippen molar-refractivity contribution < 1.29 is 18.0 Å². The number of rotatable bonds is 5. The minimum absolute atomic E-state index is 0.0820. The first kappa shape index (κ1) is 18.5. The van der Waals surface area contributed by atoms with Crippen molar-refractivity contribution in [1.82, 2.24) is 14.6 Å². The van der Waals surface area contributed by atoms with Crippen LogP contribution in [0.2, 0.25) is 0 Å². The average Bonchev–Trinajstić information content (AvgIpc) is 3.22. The molecule has 2 amide bonds. The van der Waals surface area contributed by atoms with Crippen LogP contribution in [0.5, 0.6) is 0 Å². The summed E-state index contributed by atoms with van der Waals surface area (Å²) in [6.45, 7) is 0.696. The maximum atomic E-state index is 11.9. The zero-order chi connectivity index (χ0) is 18.6. The molecule has 1 aliphatic heterocycles. The minimum atomic E-state index is -3.20. The second-order valence-electron chi connectivity index (χ2n) is 5.68. The summed E-state index contributed by atoms with van der Waals surface area (Å²) in [7, 11) is -3.20. The molecule has 10 heteroatoms. The molecule has 1 fully saturated rings. The fraction of sp³-hybridized carbons (Fsp3) is 0.312. The lowest BCUT2D eigenvalue weighted by Crippen LogP contribution is -2.40. The Morgan fingerprint density at radius 1 is 1.19 bits per heavy atom. The van der Waals surface area contributed by atoms with E-state index in [0.717, 1.165) is 5.56 Å². The van der Waals surface area contributed by atoms with E-state index in [-0.39, 0.29) is 18.8 Å². The number of carbonyl (C=O) groups is 2. The number of hydrogen-bond donors (Lipinski definition) is 2. The van der Waals surface area contributed by atoms with Crippen molar-refractivity contribution in [3.05, 3.63) is 35.7 Å². The van der Waals surface area contributed by atoms with Gasteiger partial charge in [0.25, 0.3) is 0 Å². The van der Waals surface area contributed by atoms with Gasteiger partial charge in [0.2, 0.25) is 10.0 Å². The van der Waals surface area contributed by atoms with Gasteiger partial charge < -0.3 is 5.32 Å². The SMILES string of the molecule is O=C(NCCN1CCCS1(=O)=O)C(=O)Nc1nc(-c2ccccc2)cs1. The Morgan fingerprint density at radius 2 is 1.96 bits per heavy atom. The van der Waals surface area contributed by atoms with Crippen LogP contribution in [-0.4, -0.2) is 54.9 Å². The number of amides is 2. The van der Waals surface area contributed by atoms with Crippen molar-refractivity contribution in [2.75, 3.05) is 30.7 Å². The fourth-order valence-corrected chi connectivity index (χ4v) is 4.79. The van der Waals surface area contributed by atoms with Gasteiger partial charge >= 0.3 is 11.8 Å². The van der Waals surface area contributed by atoms with Gasteiger partial charge in [-0.25, -0.2) is 17.7 Å². The second kappa shape index (κ2) is 7.94. The van der Waals surface area contributed by atoms with Gasteiger partial charge in [-0.05, 0) is 6.42 Å². The number of thiazole rings is 1. The Balaban J connectivity index is 1.49. The molecule has 0 radical (unpaired) electrons. The molecule has 1 saturated heterocycles. The monoisotopic (exact) mass is 394 g/mol. The Bertz CT molecular complexity index is 896. The molecule has 3 rings (SSSR count). The van der Waals surface area contributed by atoms with E-state index in [9.17, 15) is 18.0 Å². The second-order valence-corrected chi connectivity index (χ2v) is 8.63. The number of aromatic nitrogens is 1. The first-order valence-corrected chi connectivity index (χ1v) is 10.5. The zero-order valence-electron chi connectivity index (χ0n) is 13.8. The van der Waals surface area contributed by atoms with Gasteiger partial charge in [-0.2, -0.15) is 0 Å². The number of sulfonamides is 1. The van der Waals surface area contributed by atoms with E-state index >= 15 is 0 Å². The number of hydrogen-bond acceptors (Lipinski definition) is 6. The highest BCUT2D eigenvalue weighted by atomic mass is 32.2. The highest BCUT2D eigenvalue weighted by Crippen LogP contribution is 2.24. The van der Waals surface area contributed by atoms with Crippen molar-refractivity contribution in [3.8, 4) is 11.3 Å². The molecule has 2 heterocycles. The zero-order valence-corrected chi connectivity index (χ0v) is 15.5. The van der Waals surface area contributed by atoms with Crippen LogP contribution in [0.3, 0.4) is 0 Å². The van der Waals surface area contributed by atoms with Crippen LogP contribution < -0.4 is 10.6 Å². The average molecular weight is 394 g/mol. The molecule has 8 nitrogen and oxygen atoms in total. The molecule has 2 aromatic rings. The van der Waals surface area contributed by atoms with Crippen molar-refractivity contribution in [1.29, 1.82) is 0 Å². The van der Waals surface area contributed by atoms with Crippen LogP contribution in [0, 0.1) is 0 Å². The summed E-state index contributed by atoms with van der Waals surface area (Å²) in [6, 6.07) is 9.48. The van der Waals surface area contributed by atoms with Gasteiger partial charge in [0, 0.05) is 30.6 Å². The molecule has 26 heavy (non-hydrogen) atoms. The number of carbonyl (C=O) groups excluding carboxylic acids is 2. The number of nitrogens with one attached hydrogen (secondary N) is 2. The van der Waals surface area contributed by atoms with Gasteiger partial charge in [0.05, 0.1) is 11.4 Å². The molecule has 138 valence electrons. The first-order valence-electron chi connectivity index (χ1n) is 8.04. The molecule has 1 aromatic heterocycles. The van der Waals surface area contributed by atoms with Crippen LogP contribution in [0.25, 0.3) is 11.3 Å². The molecule has 0 unspecified atom stereocenters. The number of nitrogens with zero attached hydrogens (tertiary/aromatic N) is 2. The lowest BCUT2D eigenvalue weighted by molar-refractivity contribution is -0.136. The molecule has 2 N–H and O–H groups in total. The summed E-state index contributed by atoms with van der Waals surface area (Å²) in [4.78, 5) is 28.1. The summed E-state index contributed by atoms with van der Waals surface area (Å²) in [5.41, 5.74) is 1.63. The van der Waals surface area contributed by atoms with Gasteiger partial charge in [0.15, 0.2) is 5.13 Å². The third kappa shape index (κ3) is 4.45. The molecule has 0 bridgehead atoms. The maximum Gasteiger partial charge on any atom is 0.315 e. The van der Waals surface area contributed by atoms with E-state index in [1.165, 1.54) is 15.6 Å². The molecular weight excluding hydrogens is 376 g/mol. The smallest absolute Gasteiger partial charge is 0.315 e. The van der Waals surface area contributed by atoms with E-state index in [0.29, 0.717) is 23.8 Å².